The molecule has 0 radical (unpaired) electrons. The molecule has 0 amide bonds. The lowest BCUT2D eigenvalue weighted by Crippen LogP contribution is -2.04. The molecule has 0 bridgehead atoms. The molecule has 0 aromatic carbocycles. The van der Waals surface area contributed by atoms with E-state index in [4.69, 9.17) is 0 Å². The first-order valence-corrected chi connectivity index (χ1v) is 5.82. The third-order valence-corrected chi connectivity index (χ3v) is 2.39. The Balaban J connectivity index is 3.54. The highest BCUT2D eigenvalue weighted by Gasteiger charge is 2.03. The Morgan fingerprint density at radius 2 is 1.62 bits per heavy atom. The average Bonchev–Trinajstić information content (AvgIpc) is 2.14. The van der Waals surface area contributed by atoms with Crippen LogP contribution >= 0.6 is 0 Å². The minimum atomic E-state index is 0.608. The van der Waals surface area contributed by atoms with Gasteiger partial charge in [0.15, 0.2) is 0 Å². The van der Waals surface area contributed by atoms with Crippen LogP contribution in [-0.2, 0) is 0 Å². The fraction of sp³-hybridized carbons (Fsp3) is 0.917. The summed E-state index contributed by atoms with van der Waals surface area (Å²) in [6.45, 7) is 6.53. The fourth-order valence-corrected chi connectivity index (χ4v) is 1.57. The van der Waals surface area contributed by atoms with E-state index in [-0.39, 0.29) is 0 Å². The van der Waals surface area contributed by atoms with Crippen molar-refractivity contribution in [2.24, 2.45) is 4.99 Å². The van der Waals surface area contributed by atoms with Gasteiger partial charge >= 0.3 is 0 Å². The van der Waals surface area contributed by atoms with Gasteiger partial charge in [0.05, 0.1) is 0 Å². The van der Waals surface area contributed by atoms with E-state index in [9.17, 15) is 0 Å². The van der Waals surface area contributed by atoms with Crippen LogP contribution in [0.2, 0.25) is 0 Å². The summed E-state index contributed by atoms with van der Waals surface area (Å²) in [5.74, 6) is 0. The minimum Gasteiger partial charge on any atom is -0.295 e. The molecule has 1 nitrogen and oxygen atoms in total. The molecule has 1 heteroatoms. The summed E-state index contributed by atoms with van der Waals surface area (Å²) < 4.78 is 0. The maximum Gasteiger partial charge on any atom is 0.0495 e. The van der Waals surface area contributed by atoms with Crippen LogP contribution in [0.4, 0.5) is 0 Å². The Kier molecular flexibility index (Phi) is 9.51. The number of hydrogen-bond acceptors (Lipinski definition) is 1. The third kappa shape index (κ3) is 8.01. The standard InChI is InChI=1S/C12H25N/c1-4-7-9-11-12(13-6-3)10-8-5-2/h6,12H,4-5,7-11H2,1-3H3/b13-6+. The number of hydrogen-bond donors (Lipinski definition) is 0. The summed E-state index contributed by atoms with van der Waals surface area (Å²) in [4.78, 5) is 4.51. The second kappa shape index (κ2) is 9.76. The Hall–Kier alpha value is -0.330. The van der Waals surface area contributed by atoms with Crippen LogP contribution in [0.1, 0.15) is 65.7 Å². The Morgan fingerprint density at radius 1 is 1.00 bits per heavy atom. The highest BCUT2D eigenvalue weighted by Crippen LogP contribution is 2.12. The van der Waals surface area contributed by atoms with Gasteiger partial charge in [0.2, 0.25) is 0 Å². The predicted molar refractivity (Wildman–Crippen MR) is 61.6 cm³/mol. The number of unbranched alkanes of at least 4 members (excludes halogenated alkanes) is 3. The molecule has 0 aromatic rings. The first-order chi connectivity index (χ1) is 6.35. The van der Waals surface area contributed by atoms with Gasteiger partial charge in [-0.1, -0.05) is 46.0 Å². The van der Waals surface area contributed by atoms with Gasteiger partial charge < -0.3 is 0 Å². The van der Waals surface area contributed by atoms with Gasteiger partial charge in [0.1, 0.15) is 0 Å². The number of rotatable bonds is 8. The molecule has 0 fully saturated rings. The van der Waals surface area contributed by atoms with Crippen LogP contribution in [0.3, 0.4) is 0 Å². The minimum absolute atomic E-state index is 0.608. The second-order valence-corrected chi connectivity index (χ2v) is 3.70. The van der Waals surface area contributed by atoms with Gasteiger partial charge in [-0.2, -0.15) is 0 Å². The predicted octanol–water partition coefficient (Wildman–Crippen LogP) is 4.22. The first kappa shape index (κ1) is 12.7. The van der Waals surface area contributed by atoms with E-state index in [1.165, 1.54) is 44.9 Å². The molecule has 0 aromatic heterocycles. The van der Waals surface area contributed by atoms with Crippen molar-refractivity contribution in [3.63, 3.8) is 0 Å². The topological polar surface area (TPSA) is 12.4 Å². The van der Waals surface area contributed by atoms with E-state index in [0.717, 1.165) is 0 Å². The van der Waals surface area contributed by atoms with Gasteiger partial charge in [-0.05, 0) is 26.0 Å². The van der Waals surface area contributed by atoms with Crippen LogP contribution in [-0.4, -0.2) is 12.3 Å². The molecule has 0 aliphatic heterocycles. The van der Waals surface area contributed by atoms with Crippen LogP contribution in [0, 0.1) is 0 Å². The molecule has 0 heterocycles. The highest BCUT2D eigenvalue weighted by molar-refractivity contribution is 5.53. The molecular weight excluding hydrogens is 158 g/mol. The zero-order chi connectivity index (χ0) is 9.94. The van der Waals surface area contributed by atoms with Gasteiger partial charge in [0.25, 0.3) is 0 Å². The van der Waals surface area contributed by atoms with Crippen LogP contribution < -0.4 is 0 Å². The summed E-state index contributed by atoms with van der Waals surface area (Å²) in [6.07, 6.45) is 11.2. The smallest absolute Gasteiger partial charge is 0.0495 e. The Morgan fingerprint density at radius 3 is 2.15 bits per heavy atom. The molecule has 0 spiro atoms. The molecule has 0 saturated carbocycles. The molecular formula is C12H25N. The lowest BCUT2D eigenvalue weighted by molar-refractivity contribution is 0.514. The van der Waals surface area contributed by atoms with E-state index in [1.807, 2.05) is 13.1 Å². The van der Waals surface area contributed by atoms with E-state index >= 15 is 0 Å². The molecule has 0 N–H and O–H groups in total. The third-order valence-electron chi connectivity index (χ3n) is 2.39. The normalized spacial score (nSPS) is 13.8. The maximum atomic E-state index is 4.51. The van der Waals surface area contributed by atoms with Crippen molar-refractivity contribution in [2.45, 2.75) is 71.8 Å². The van der Waals surface area contributed by atoms with Crippen LogP contribution in [0.25, 0.3) is 0 Å². The SMILES string of the molecule is C/C=N/C(CCCC)CCCCC. The molecule has 0 aliphatic rings. The quantitative estimate of drug-likeness (QED) is 0.395. The van der Waals surface area contributed by atoms with Crippen LogP contribution in [0.5, 0.6) is 0 Å². The highest BCUT2D eigenvalue weighted by atomic mass is 14.8. The average molecular weight is 183 g/mol. The molecule has 1 atom stereocenters. The first-order valence-electron chi connectivity index (χ1n) is 5.82. The summed E-state index contributed by atoms with van der Waals surface area (Å²) >= 11 is 0. The van der Waals surface area contributed by atoms with Crippen molar-refractivity contribution >= 4 is 6.21 Å². The lowest BCUT2D eigenvalue weighted by Gasteiger charge is -2.10. The Labute approximate surface area is 83.6 Å². The molecule has 0 aliphatic carbocycles. The van der Waals surface area contributed by atoms with E-state index in [2.05, 4.69) is 18.8 Å². The van der Waals surface area contributed by atoms with Crippen molar-refractivity contribution in [3.05, 3.63) is 0 Å². The maximum absolute atomic E-state index is 4.51. The summed E-state index contributed by atoms with van der Waals surface area (Å²) in [5, 5.41) is 0. The largest absolute Gasteiger partial charge is 0.295 e. The van der Waals surface area contributed by atoms with Gasteiger partial charge in [-0.3, -0.25) is 4.99 Å². The van der Waals surface area contributed by atoms with Crippen molar-refractivity contribution in [1.82, 2.24) is 0 Å². The Bertz CT molecular complexity index is 118. The van der Waals surface area contributed by atoms with E-state index in [1.54, 1.807) is 0 Å². The molecule has 0 saturated heterocycles. The number of nitrogens with zero attached hydrogens (tertiary/aromatic N) is 1. The lowest BCUT2D eigenvalue weighted by atomic mass is 10.0. The molecule has 13 heavy (non-hydrogen) atoms. The monoisotopic (exact) mass is 183 g/mol. The van der Waals surface area contributed by atoms with E-state index in [0.29, 0.717) is 6.04 Å². The summed E-state index contributed by atoms with van der Waals surface area (Å²) in [6, 6.07) is 0.608. The fourth-order valence-electron chi connectivity index (χ4n) is 1.57. The number of aliphatic imine (C=N–C) groups is 1. The van der Waals surface area contributed by atoms with Crippen molar-refractivity contribution in [1.29, 1.82) is 0 Å². The zero-order valence-corrected chi connectivity index (χ0v) is 9.55. The summed E-state index contributed by atoms with van der Waals surface area (Å²) in [7, 11) is 0. The zero-order valence-electron chi connectivity index (χ0n) is 9.55. The van der Waals surface area contributed by atoms with Crippen molar-refractivity contribution < 1.29 is 0 Å². The molecule has 78 valence electrons. The van der Waals surface area contributed by atoms with Crippen molar-refractivity contribution in [2.75, 3.05) is 0 Å². The van der Waals surface area contributed by atoms with Gasteiger partial charge in [-0.25, -0.2) is 0 Å². The second-order valence-electron chi connectivity index (χ2n) is 3.70. The summed E-state index contributed by atoms with van der Waals surface area (Å²) in [5.41, 5.74) is 0. The van der Waals surface area contributed by atoms with Gasteiger partial charge in [0, 0.05) is 6.04 Å². The molecule has 0 rings (SSSR count). The van der Waals surface area contributed by atoms with Gasteiger partial charge in [-0.15, -0.1) is 0 Å². The van der Waals surface area contributed by atoms with Crippen molar-refractivity contribution in [3.8, 4) is 0 Å². The van der Waals surface area contributed by atoms with Crippen LogP contribution in [0.15, 0.2) is 4.99 Å². The van der Waals surface area contributed by atoms with E-state index < -0.39 is 0 Å². The molecule has 1 unspecified atom stereocenters.